The van der Waals surface area contributed by atoms with Gasteiger partial charge >= 0.3 is 0 Å². The van der Waals surface area contributed by atoms with Crippen LogP contribution in [0.4, 0.5) is 0 Å². The second-order valence-corrected chi connectivity index (χ2v) is 7.18. The van der Waals surface area contributed by atoms with Gasteiger partial charge in [0.25, 0.3) is 0 Å². The number of benzene rings is 1. The Labute approximate surface area is 129 Å². The summed E-state index contributed by atoms with van der Waals surface area (Å²) in [5.74, 6) is 3.60. The molecule has 2 nitrogen and oxygen atoms in total. The second kappa shape index (κ2) is 6.83. The zero-order chi connectivity index (χ0) is 14.7. The lowest BCUT2D eigenvalue weighted by atomic mass is 9.75. The first-order chi connectivity index (χ1) is 10.2. The Morgan fingerprint density at radius 3 is 2.62 bits per heavy atom. The minimum atomic E-state index is 0.726. The molecule has 0 heterocycles. The molecular formula is C19H29NO. The number of hydrogen-bond acceptors (Lipinski definition) is 2. The van der Waals surface area contributed by atoms with E-state index in [-0.39, 0.29) is 0 Å². The average molecular weight is 287 g/mol. The van der Waals surface area contributed by atoms with E-state index in [1.54, 1.807) is 7.11 Å². The van der Waals surface area contributed by atoms with E-state index >= 15 is 0 Å². The normalized spacial score (nSPS) is 32.5. The summed E-state index contributed by atoms with van der Waals surface area (Å²) in [6, 6.07) is 9.32. The summed E-state index contributed by atoms with van der Waals surface area (Å²) < 4.78 is 5.32. The van der Waals surface area contributed by atoms with Gasteiger partial charge in [-0.3, -0.25) is 0 Å². The van der Waals surface area contributed by atoms with Gasteiger partial charge in [-0.15, -0.1) is 0 Å². The van der Waals surface area contributed by atoms with Crippen molar-refractivity contribution in [2.24, 2.45) is 11.8 Å². The highest BCUT2D eigenvalue weighted by atomic mass is 16.5. The first-order valence-corrected chi connectivity index (χ1v) is 8.62. The third-order valence-corrected chi connectivity index (χ3v) is 5.53. The number of hydrogen-bond donors (Lipinski definition) is 1. The van der Waals surface area contributed by atoms with Gasteiger partial charge in [-0.25, -0.2) is 0 Å². The molecule has 2 heteroatoms. The van der Waals surface area contributed by atoms with Crippen LogP contribution in [0, 0.1) is 11.8 Å². The molecule has 116 valence electrons. The van der Waals surface area contributed by atoms with Crippen molar-refractivity contribution in [2.75, 3.05) is 13.7 Å². The third kappa shape index (κ3) is 3.79. The summed E-state index contributed by atoms with van der Waals surface area (Å²) in [6.07, 6.45) is 8.31. The molecule has 0 atom stereocenters. The van der Waals surface area contributed by atoms with Crippen LogP contribution >= 0.6 is 0 Å². The van der Waals surface area contributed by atoms with Crippen molar-refractivity contribution in [3.63, 3.8) is 0 Å². The lowest BCUT2D eigenvalue weighted by Gasteiger charge is -2.38. The molecule has 1 aromatic carbocycles. The quantitative estimate of drug-likeness (QED) is 0.869. The van der Waals surface area contributed by atoms with Gasteiger partial charge in [0.05, 0.1) is 7.11 Å². The lowest BCUT2D eigenvalue weighted by molar-refractivity contribution is 0.236. The zero-order valence-corrected chi connectivity index (χ0v) is 13.5. The maximum absolute atomic E-state index is 5.32. The summed E-state index contributed by atoms with van der Waals surface area (Å²) in [5.41, 5.74) is 1.44. The highest BCUT2D eigenvalue weighted by molar-refractivity contribution is 5.32. The summed E-state index contributed by atoms with van der Waals surface area (Å²) in [4.78, 5) is 0. The van der Waals surface area contributed by atoms with Gasteiger partial charge in [0.15, 0.2) is 0 Å². The second-order valence-electron chi connectivity index (χ2n) is 7.18. The van der Waals surface area contributed by atoms with Gasteiger partial charge in [-0.2, -0.15) is 0 Å². The standard InChI is InChI=1S/C19H29NO/c1-14-6-8-15(9-7-14)13-20-18-10-17(11-18)16-4-3-5-19(12-16)21-2/h3-5,12,14-15,17-18,20H,6-11,13H2,1-2H3. The molecule has 0 radical (unpaired) electrons. The highest BCUT2D eigenvalue weighted by Gasteiger charge is 2.30. The van der Waals surface area contributed by atoms with E-state index in [1.165, 1.54) is 50.6 Å². The summed E-state index contributed by atoms with van der Waals surface area (Å²) in [6.45, 7) is 3.64. The Morgan fingerprint density at radius 1 is 1.14 bits per heavy atom. The smallest absolute Gasteiger partial charge is 0.119 e. The van der Waals surface area contributed by atoms with Crippen LogP contribution in [0.5, 0.6) is 5.75 Å². The first kappa shape index (κ1) is 14.9. The molecule has 0 spiro atoms. The Balaban J connectivity index is 1.39. The predicted molar refractivity (Wildman–Crippen MR) is 87.9 cm³/mol. The van der Waals surface area contributed by atoms with Gasteiger partial charge < -0.3 is 10.1 Å². The topological polar surface area (TPSA) is 21.3 Å². The van der Waals surface area contributed by atoms with Crippen molar-refractivity contribution in [1.82, 2.24) is 5.32 Å². The van der Waals surface area contributed by atoms with Crippen LogP contribution in [0.3, 0.4) is 0 Å². The van der Waals surface area contributed by atoms with Crippen LogP contribution in [-0.4, -0.2) is 19.7 Å². The molecule has 3 rings (SSSR count). The summed E-state index contributed by atoms with van der Waals surface area (Å²) in [7, 11) is 1.75. The van der Waals surface area contributed by atoms with E-state index in [4.69, 9.17) is 4.74 Å². The van der Waals surface area contributed by atoms with Crippen LogP contribution in [0.2, 0.25) is 0 Å². The van der Waals surface area contributed by atoms with Crippen LogP contribution in [-0.2, 0) is 0 Å². The van der Waals surface area contributed by atoms with Gasteiger partial charge in [0, 0.05) is 6.04 Å². The van der Waals surface area contributed by atoms with Crippen molar-refractivity contribution in [2.45, 2.75) is 57.4 Å². The van der Waals surface area contributed by atoms with Gasteiger partial charge in [0.1, 0.15) is 5.75 Å². The lowest BCUT2D eigenvalue weighted by Crippen LogP contribution is -2.42. The molecule has 1 aromatic rings. The van der Waals surface area contributed by atoms with Crippen molar-refractivity contribution in [3.05, 3.63) is 29.8 Å². The highest BCUT2D eigenvalue weighted by Crippen LogP contribution is 2.38. The van der Waals surface area contributed by atoms with Crippen LogP contribution < -0.4 is 10.1 Å². The van der Waals surface area contributed by atoms with Crippen molar-refractivity contribution < 1.29 is 4.74 Å². The molecule has 0 amide bonds. The number of ether oxygens (including phenoxy) is 1. The molecule has 1 N–H and O–H groups in total. The molecule has 0 saturated heterocycles. The Bertz CT molecular complexity index is 445. The fraction of sp³-hybridized carbons (Fsp3) is 0.684. The number of methoxy groups -OCH3 is 1. The van der Waals surface area contributed by atoms with E-state index in [9.17, 15) is 0 Å². The molecule has 0 aliphatic heterocycles. The molecule has 2 aliphatic rings. The van der Waals surface area contributed by atoms with E-state index in [0.717, 1.165) is 29.5 Å². The summed E-state index contributed by atoms with van der Waals surface area (Å²) >= 11 is 0. The molecule has 2 fully saturated rings. The molecule has 2 saturated carbocycles. The minimum absolute atomic E-state index is 0.726. The fourth-order valence-electron chi connectivity index (χ4n) is 3.82. The van der Waals surface area contributed by atoms with E-state index in [0.29, 0.717) is 0 Å². The zero-order valence-electron chi connectivity index (χ0n) is 13.5. The molecule has 0 unspecified atom stereocenters. The molecular weight excluding hydrogens is 258 g/mol. The maximum Gasteiger partial charge on any atom is 0.119 e. The van der Waals surface area contributed by atoms with E-state index in [2.05, 4.69) is 30.4 Å². The molecule has 21 heavy (non-hydrogen) atoms. The van der Waals surface area contributed by atoms with Crippen molar-refractivity contribution >= 4 is 0 Å². The van der Waals surface area contributed by atoms with E-state index in [1.807, 2.05) is 6.07 Å². The van der Waals surface area contributed by atoms with Gasteiger partial charge in [-0.1, -0.05) is 31.9 Å². The SMILES string of the molecule is COc1cccc(C2CC(NCC3CCC(C)CC3)C2)c1. The Morgan fingerprint density at radius 2 is 1.90 bits per heavy atom. The van der Waals surface area contributed by atoms with Crippen molar-refractivity contribution in [3.8, 4) is 5.75 Å². The minimum Gasteiger partial charge on any atom is -0.497 e. The first-order valence-electron chi connectivity index (χ1n) is 8.62. The Hall–Kier alpha value is -1.02. The fourth-order valence-corrected chi connectivity index (χ4v) is 3.82. The number of nitrogens with one attached hydrogen (secondary N) is 1. The third-order valence-electron chi connectivity index (χ3n) is 5.53. The van der Waals surface area contributed by atoms with Gasteiger partial charge in [0.2, 0.25) is 0 Å². The van der Waals surface area contributed by atoms with E-state index < -0.39 is 0 Å². The molecule has 0 bridgehead atoms. The van der Waals surface area contributed by atoms with Crippen LogP contribution in [0.15, 0.2) is 24.3 Å². The Kier molecular flexibility index (Phi) is 4.84. The monoisotopic (exact) mass is 287 g/mol. The maximum atomic E-state index is 5.32. The van der Waals surface area contributed by atoms with Crippen LogP contribution in [0.1, 0.15) is 56.9 Å². The largest absolute Gasteiger partial charge is 0.497 e. The van der Waals surface area contributed by atoms with Crippen LogP contribution in [0.25, 0.3) is 0 Å². The predicted octanol–water partition coefficient (Wildman–Crippen LogP) is 4.36. The molecule has 0 aromatic heterocycles. The average Bonchev–Trinajstić information content (AvgIpc) is 2.48. The molecule has 2 aliphatic carbocycles. The van der Waals surface area contributed by atoms with Crippen molar-refractivity contribution in [1.29, 1.82) is 0 Å². The van der Waals surface area contributed by atoms with Gasteiger partial charge in [-0.05, 0) is 67.7 Å². The summed E-state index contributed by atoms with van der Waals surface area (Å²) in [5, 5.41) is 3.80. The number of rotatable bonds is 5.